The number of aryl methyl sites for hydroxylation is 2. The van der Waals surface area contributed by atoms with Crippen molar-refractivity contribution >= 4 is 28.1 Å². The van der Waals surface area contributed by atoms with Crippen LogP contribution in [0.1, 0.15) is 38.2 Å². The molecule has 0 bridgehead atoms. The summed E-state index contributed by atoms with van der Waals surface area (Å²) in [6.45, 7) is 4.02. The molecule has 2 N–H and O–H groups in total. The molecule has 3 heterocycles. The molecule has 1 amide bonds. The normalized spacial score (nSPS) is 11.6. The summed E-state index contributed by atoms with van der Waals surface area (Å²) in [6.07, 6.45) is 3.24. The Morgan fingerprint density at radius 1 is 1.06 bits per heavy atom. The molecule has 7 nitrogen and oxygen atoms in total. The highest BCUT2D eigenvalue weighted by Gasteiger charge is 2.25. The SMILES string of the molecule is COc1ccc([C@H](Nc2cc(C)ccn2)c2cc(C)sc2NC(=O)c2ccco2)c(OC)c1. The van der Waals surface area contributed by atoms with Gasteiger partial charge in [0.05, 0.1) is 26.5 Å². The minimum Gasteiger partial charge on any atom is -0.497 e. The maximum atomic E-state index is 12.7. The molecule has 4 rings (SSSR count). The van der Waals surface area contributed by atoms with Gasteiger partial charge in [-0.05, 0) is 61.9 Å². The van der Waals surface area contributed by atoms with Crippen molar-refractivity contribution in [2.45, 2.75) is 19.9 Å². The molecule has 0 aliphatic heterocycles. The van der Waals surface area contributed by atoms with E-state index in [1.54, 1.807) is 32.5 Å². The monoisotopic (exact) mass is 463 g/mol. The number of rotatable bonds is 8. The van der Waals surface area contributed by atoms with Crippen LogP contribution in [0.5, 0.6) is 11.5 Å². The van der Waals surface area contributed by atoms with Crippen molar-refractivity contribution in [3.05, 3.63) is 88.3 Å². The van der Waals surface area contributed by atoms with Crippen LogP contribution < -0.4 is 20.1 Å². The summed E-state index contributed by atoms with van der Waals surface area (Å²) in [5.41, 5.74) is 2.86. The third-order valence-electron chi connectivity index (χ3n) is 5.13. The van der Waals surface area contributed by atoms with Crippen LogP contribution in [0.2, 0.25) is 0 Å². The van der Waals surface area contributed by atoms with Gasteiger partial charge in [-0.25, -0.2) is 4.98 Å². The number of hydrogen-bond acceptors (Lipinski definition) is 7. The summed E-state index contributed by atoms with van der Waals surface area (Å²) in [5, 5.41) is 7.25. The molecule has 0 radical (unpaired) electrons. The number of nitrogens with one attached hydrogen (secondary N) is 2. The van der Waals surface area contributed by atoms with Crippen LogP contribution in [0.25, 0.3) is 0 Å². The Balaban J connectivity index is 1.79. The van der Waals surface area contributed by atoms with Gasteiger partial charge >= 0.3 is 0 Å². The average molecular weight is 464 g/mol. The quantitative estimate of drug-likeness (QED) is 0.342. The maximum absolute atomic E-state index is 12.7. The molecule has 170 valence electrons. The minimum atomic E-state index is -0.350. The van der Waals surface area contributed by atoms with Gasteiger partial charge in [0.1, 0.15) is 22.3 Å². The van der Waals surface area contributed by atoms with Crippen molar-refractivity contribution in [1.82, 2.24) is 4.98 Å². The van der Waals surface area contributed by atoms with Gasteiger partial charge in [-0.2, -0.15) is 0 Å². The van der Waals surface area contributed by atoms with Gasteiger partial charge in [-0.15, -0.1) is 11.3 Å². The lowest BCUT2D eigenvalue weighted by Crippen LogP contribution is -2.17. The van der Waals surface area contributed by atoms with Crippen molar-refractivity contribution in [3.8, 4) is 11.5 Å². The second-order valence-electron chi connectivity index (χ2n) is 7.48. The fourth-order valence-corrected chi connectivity index (χ4v) is 4.51. The highest BCUT2D eigenvalue weighted by molar-refractivity contribution is 7.16. The largest absolute Gasteiger partial charge is 0.497 e. The second kappa shape index (κ2) is 9.79. The van der Waals surface area contributed by atoms with Crippen LogP contribution in [0.4, 0.5) is 10.8 Å². The predicted octanol–water partition coefficient (Wildman–Crippen LogP) is 5.82. The number of methoxy groups -OCH3 is 2. The molecule has 4 aromatic rings. The Hall–Kier alpha value is -3.78. The number of pyridine rings is 1. The van der Waals surface area contributed by atoms with E-state index in [-0.39, 0.29) is 17.7 Å². The van der Waals surface area contributed by atoms with Gasteiger partial charge in [0.15, 0.2) is 5.76 Å². The fraction of sp³-hybridized carbons (Fsp3) is 0.200. The van der Waals surface area contributed by atoms with E-state index in [4.69, 9.17) is 13.9 Å². The van der Waals surface area contributed by atoms with E-state index < -0.39 is 0 Å². The summed E-state index contributed by atoms with van der Waals surface area (Å²) in [5.74, 6) is 2.00. The number of furan rings is 1. The first-order valence-corrected chi connectivity index (χ1v) is 11.2. The molecule has 1 atom stereocenters. The predicted molar refractivity (Wildman–Crippen MR) is 130 cm³/mol. The summed E-state index contributed by atoms with van der Waals surface area (Å²) in [4.78, 5) is 18.3. The zero-order chi connectivity index (χ0) is 23.4. The third-order valence-corrected chi connectivity index (χ3v) is 6.11. The standard InChI is InChI=1S/C25H25N3O4S/c1-15-9-10-26-22(12-15)27-23(18-8-7-17(30-3)14-21(18)31-4)19-13-16(2)33-25(19)28-24(29)20-6-5-11-32-20/h5-14,23H,1-4H3,(H,26,27)(H,28,29)/t23-/m0/s1. The van der Waals surface area contributed by atoms with Crippen LogP contribution in [0, 0.1) is 13.8 Å². The van der Waals surface area contributed by atoms with Crippen LogP contribution in [0.15, 0.2) is 65.4 Å². The Morgan fingerprint density at radius 2 is 1.91 bits per heavy atom. The van der Waals surface area contributed by atoms with Crippen LogP contribution in [-0.2, 0) is 0 Å². The van der Waals surface area contributed by atoms with Crippen LogP contribution in [-0.4, -0.2) is 25.1 Å². The fourth-order valence-electron chi connectivity index (χ4n) is 3.56. The number of carbonyl (C=O) groups is 1. The molecule has 0 spiro atoms. The highest BCUT2D eigenvalue weighted by atomic mass is 32.1. The number of aromatic nitrogens is 1. The molecule has 3 aromatic heterocycles. The molecule has 0 saturated heterocycles. The van der Waals surface area contributed by atoms with Gasteiger partial charge < -0.3 is 24.5 Å². The summed E-state index contributed by atoms with van der Waals surface area (Å²) < 4.78 is 16.3. The number of amides is 1. The molecule has 8 heteroatoms. The molecular formula is C25H25N3O4S. The summed E-state index contributed by atoms with van der Waals surface area (Å²) >= 11 is 1.50. The van der Waals surface area contributed by atoms with Gasteiger partial charge in [-0.3, -0.25) is 4.79 Å². The topological polar surface area (TPSA) is 85.6 Å². The molecule has 0 saturated carbocycles. The molecular weight excluding hydrogens is 438 g/mol. The maximum Gasteiger partial charge on any atom is 0.291 e. The summed E-state index contributed by atoms with van der Waals surface area (Å²) in [7, 11) is 3.24. The second-order valence-corrected chi connectivity index (χ2v) is 8.73. The number of benzene rings is 1. The molecule has 0 aliphatic carbocycles. The number of hydrogen-bond donors (Lipinski definition) is 2. The first-order valence-electron chi connectivity index (χ1n) is 10.3. The van der Waals surface area contributed by atoms with Gasteiger partial charge in [0.25, 0.3) is 5.91 Å². The number of carbonyl (C=O) groups excluding carboxylic acids is 1. The van der Waals surface area contributed by atoms with E-state index >= 15 is 0 Å². The number of ether oxygens (including phenoxy) is 2. The van der Waals surface area contributed by atoms with Crippen molar-refractivity contribution in [3.63, 3.8) is 0 Å². The molecule has 33 heavy (non-hydrogen) atoms. The molecule has 0 aliphatic rings. The van der Waals surface area contributed by atoms with Crippen molar-refractivity contribution in [2.75, 3.05) is 24.9 Å². The smallest absolute Gasteiger partial charge is 0.291 e. The van der Waals surface area contributed by atoms with Crippen molar-refractivity contribution < 1.29 is 18.7 Å². The van der Waals surface area contributed by atoms with E-state index in [1.165, 1.54) is 17.6 Å². The zero-order valence-corrected chi connectivity index (χ0v) is 19.7. The lowest BCUT2D eigenvalue weighted by Gasteiger charge is -2.23. The third kappa shape index (κ3) is 5.01. The Morgan fingerprint density at radius 3 is 2.61 bits per heavy atom. The zero-order valence-electron chi connectivity index (χ0n) is 18.8. The Labute approximate surface area is 196 Å². The lowest BCUT2D eigenvalue weighted by molar-refractivity contribution is 0.0997. The van der Waals surface area contributed by atoms with Gasteiger partial charge in [-0.1, -0.05) is 0 Å². The van der Waals surface area contributed by atoms with E-state index in [0.717, 1.165) is 26.6 Å². The van der Waals surface area contributed by atoms with E-state index in [2.05, 4.69) is 21.7 Å². The van der Waals surface area contributed by atoms with Gasteiger partial charge in [0.2, 0.25) is 0 Å². The van der Waals surface area contributed by atoms with E-state index in [1.807, 2.05) is 44.2 Å². The average Bonchev–Trinajstić information content (AvgIpc) is 3.47. The van der Waals surface area contributed by atoms with E-state index in [9.17, 15) is 4.79 Å². The number of nitrogens with zero attached hydrogens (tertiary/aromatic N) is 1. The number of thiophene rings is 1. The van der Waals surface area contributed by atoms with E-state index in [0.29, 0.717) is 17.3 Å². The molecule has 1 aromatic carbocycles. The Kier molecular flexibility index (Phi) is 6.65. The summed E-state index contributed by atoms with van der Waals surface area (Å²) in [6, 6.07) is 14.6. The van der Waals surface area contributed by atoms with Crippen molar-refractivity contribution in [1.29, 1.82) is 0 Å². The first-order chi connectivity index (χ1) is 16.0. The molecule has 0 unspecified atom stereocenters. The molecule has 0 fully saturated rings. The van der Waals surface area contributed by atoms with Crippen molar-refractivity contribution in [2.24, 2.45) is 0 Å². The van der Waals surface area contributed by atoms with Gasteiger partial charge in [0, 0.05) is 28.3 Å². The number of anilines is 2. The lowest BCUT2D eigenvalue weighted by atomic mass is 9.98. The minimum absolute atomic E-state index is 0.249. The highest BCUT2D eigenvalue weighted by Crippen LogP contribution is 2.41. The van der Waals surface area contributed by atoms with Crippen LogP contribution in [0.3, 0.4) is 0 Å². The Bertz CT molecular complexity index is 1250. The first kappa shape index (κ1) is 22.4. The van der Waals surface area contributed by atoms with Crippen LogP contribution >= 0.6 is 11.3 Å².